The summed E-state index contributed by atoms with van der Waals surface area (Å²) in [7, 11) is 0. The topological polar surface area (TPSA) is 58.2 Å². The summed E-state index contributed by atoms with van der Waals surface area (Å²) >= 11 is 7.76. The molecule has 18 heteroatoms. The number of hydrogen-bond acceptors (Lipinski definition) is 2. The molecule has 0 saturated heterocycles. The first-order valence-corrected chi connectivity index (χ1v) is 9.02. The average molecular weight is 541 g/mol. The molecule has 2 N–H and O–H groups in total. The molecule has 190 valence electrons. The number of hydrogen-bond donors (Lipinski definition) is 2. The minimum Gasteiger partial charge on any atom is -0.351 e. The lowest BCUT2D eigenvalue weighted by Gasteiger charge is -2.28. The van der Waals surface area contributed by atoms with E-state index in [0.29, 0.717) is 0 Å². The Labute approximate surface area is 181 Å². The van der Waals surface area contributed by atoms with Crippen molar-refractivity contribution in [1.29, 1.82) is 0 Å². The van der Waals surface area contributed by atoms with Crippen LogP contribution in [0.4, 0.5) is 52.7 Å². The van der Waals surface area contributed by atoms with Crippen LogP contribution >= 0.6 is 23.2 Å². The third-order valence-electron chi connectivity index (χ3n) is 3.75. The molecule has 0 aliphatic carbocycles. The summed E-state index contributed by atoms with van der Waals surface area (Å²) in [4.78, 5) is 22.1. The zero-order valence-corrected chi connectivity index (χ0v) is 16.9. The van der Waals surface area contributed by atoms with E-state index in [9.17, 15) is 62.3 Å². The van der Waals surface area contributed by atoms with Gasteiger partial charge in [0.05, 0.1) is 0 Å². The molecule has 0 radical (unpaired) electrons. The van der Waals surface area contributed by atoms with Crippen LogP contribution in [0.2, 0.25) is 0 Å². The largest absolute Gasteiger partial charge is 0.395 e. The van der Waals surface area contributed by atoms with Crippen molar-refractivity contribution in [2.75, 3.05) is 13.1 Å². The van der Waals surface area contributed by atoms with Crippen molar-refractivity contribution in [2.45, 2.75) is 60.1 Å². The summed E-state index contributed by atoms with van der Waals surface area (Å²) in [5.41, 5.74) is 0. The fourth-order valence-corrected chi connectivity index (χ4v) is 2.11. The summed E-state index contributed by atoms with van der Waals surface area (Å²) in [6, 6.07) is 0. The van der Waals surface area contributed by atoms with Crippen LogP contribution in [0.1, 0.15) is 25.7 Å². The van der Waals surface area contributed by atoms with E-state index in [1.807, 2.05) is 0 Å². The maximum atomic E-state index is 13.2. The van der Waals surface area contributed by atoms with Crippen LogP contribution in [0, 0.1) is 0 Å². The molecule has 0 aromatic carbocycles. The van der Waals surface area contributed by atoms with Gasteiger partial charge in [0.2, 0.25) is 0 Å². The molecule has 0 fully saturated rings. The van der Waals surface area contributed by atoms with Crippen LogP contribution in [-0.2, 0) is 9.59 Å². The van der Waals surface area contributed by atoms with Gasteiger partial charge in [-0.25, -0.2) is 0 Å². The molecular formula is C14H14Cl2F12N2O2. The van der Waals surface area contributed by atoms with E-state index in [4.69, 9.17) is 0 Å². The summed E-state index contributed by atoms with van der Waals surface area (Å²) in [5, 5.41) is -8.92. The highest BCUT2D eigenvalue weighted by Crippen LogP contribution is 2.48. The van der Waals surface area contributed by atoms with Crippen LogP contribution in [0.5, 0.6) is 0 Å². The number of halogens is 14. The fraction of sp³-hybridized carbons (Fsp3) is 0.857. The third-order valence-corrected chi connectivity index (χ3v) is 4.22. The maximum absolute atomic E-state index is 13.2. The van der Waals surface area contributed by atoms with Gasteiger partial charge in [0, 0.05) is 13.1 Å². The number of alkyl halides is 14. The number of rotatable bonds is 13. The zero-order chi connectivity index (χ0) is 25.8. The van der Waals surface area contributed by atoms with Gasteiger partial charge >= 0.3 is 34.5 Å². The lowest BCUT2D eigenvalue weighted by molar-refractivity contribution is -0.269. The molecule has 0 aliphatic heterocycles. The average Bonchev–Trinajstić information content (AvgIpc) is 2.60. The van der Waals surface area contributed by atoms with Gasteiger partial charge in [0.15, 0.2) is 0 Å². The van der Waals surface area contributed by atoms with Crippen molar-refractivity contribution in [2.24, 2.45) is 0 Å². The predicted octanol–water partition coefficient (Wildman–Crippen LogP) is 4.98. The molecule has 0 atom stereocenters. The number of carbonyl (C=O) groups excluding carboxylic acids is 2. The van der Waals surface area contributed by atoms with E-state index in [2.05, 4.69) is 23.2 Å². The summed E-state index contributed by atoms with van der Waals surface area (Å²) in [5.74, 6) is -29.6. The zero-order valence-electron chi connectivity index (χ0n) is 15.4. The molecule has 0 heterocycles. The Morgan fingerprint density at radius 3 is 1.00 bits per heavy atom. The van der Waals surface area contributed by atoms with Crippen molar-refractivity contribution in [3.8, 4) is 0 Å². The van der Waals surface area contributed by atoms with Gasteiger partial charge in [-0.05, 0) is 36.0 Å². The predicted molar refractivity (Wildman–Crippen MR) is 85.9 cm³/mol. The Bertz CT molecular complexity index is 609. The molecule has 0 saturated carbocycles. The number of carbonyl (C=O) groups is 2. The molecule has 0 rings (SSSR count). The molecule has 0 bridgehead atoms. The Morgan fingerprint density at radius 2 is 0.781 bits per heavy atom. The molecule has 0 aliphatic rings. The number of nitrogens with one attached hydrogen (secondary N) is 2. The quantitative estimate of drug-likeness (QED) is 0.196. The van der Waals surface area contributed by atoms with Crippen molar-refractivity contribution >= 4 is 35.0 Å². The van der Waals surface area contributed by atoms with E-state index < -0.39 is 59.4 Å². The Kier molecular flexibility index (Phi) is 9.88. The van der Waals surface area contributed by atoms with E-state index >= 15 is 0 Å². The monoisotopic (exact) mass is 540 g/mol. The highest BCUT2D eigenvalue weighted by Gasteiger charge is 2.75. The second-order valence-electron chi connectivity index (χ2n) is 6.22. The van der Waals surface area contributed by atoms with Crippen LogP contribution < -0.4 is 10.6 Å². The molecular weight excluding hydrogens is 527 g/mol. The maximum Gasteiger partial charge on any atom is 0.395 e. The molecule has 2 amide bonds. The minimum absolute atomic E-state index is 0.0317. The van der Waals surface area contributed by atoms with Gasteiger partial charge in [-0.1, -0.05) is 12.8 Å². The van der Waals surface area contributed by atoms with Crippen LogP contribution in [-0.4, -0.2) is 59.4 Å². The Morgan fingerprint density at radius 1 is 0.531 bits per heavy atom. The van der Waals surface area contributed by atoms with Crippen molar-refractivity contribution < 1.29 is 62.3 Å². The standard InChI is InChI=1S/C14H14Cl2F12N2O2/c15-13(25,26)11(21,22)9(17,18)7(31)29-5-3-1-2-4-6-30-8(32)10(19,20)12(23,24)14(16,27)28/h1-6H2,(H,29,31)(H,30,32). The molecule has 0 unspecified atom stereocenters. The highest BCUT2D eigenvalue weighted by molar-refractivity contribution is 6.23. The molecule has 4 nitrogen and oxygen atoms in total. The molecule has 32 heavy (non-hydrogen) atoms. The first kappa shape index (κ1) is 30.7. The SMILES string of the molecule is O=C(NCCCCCCNC(=O)C(F)(F)C(F)(F)C(F)(F)Cl)C(F)(F)C(F)(F)C(F)(F)Cl. The molecule has 0 aromatic heterocycles. The van der Waals surface area contributed by atoms with E-state index in [0.717, 1.165) is 0 Å². The van der Waals surface area contributed by atoms with Gasteiger partial charge in [0.1, 0.15) is 0 Å². The van der Waals surface area contributed by atoms with Crippen LogP contribution in [0.25, 0.3) is 0 Å². The Balaban J connectivity index is 4.36. The minimum atomic E-state index is -6.20. The fourth-order valence-electron chi connectivity index (χ4n) is 1.87. The van der Waals surface area contributed by atoms with Gasteiger partial charge < -0.3 is 10.6 Å². The lowest BCUT2D eigenvalue weighted by Crippen LogP contribution is -2.59. The second-order valence-corrected chi connectivity index (χ2v) is 7.17. The summed E-state index contributed by atoms with van der Waals surface area (Å²) in [6.45, 7) is -1.42. The lowest BCUT2D eigenvalue weighted by atomic mass is 10.1. The van der Waals surface area contributed by atoms with Crippen molar-refractivity contribution in [1.82, 2.24) is 10.6 Å². The summed E-state index contributed by atoms with van der Waals surface area (Å²) in [6.07, 6.45) is -0.497. The third kappa shape index (κ3) is 6.60. The van der Waals surface area contributed by atoms with Crippen molar-refractivity contribution in [3.05, 3.63) is 0 Å². The first-order valence-electron chi connectivity index (χ1n) is 8.26. The van der Waals surface area contributed by atoms with Gasteiger partial charge in [-0.2, -0.15) is 52.7 Å². The van der Waals surface area contributed by atoms with E-state index in [1.54, 1.807) is 0 Å². The number of unbranched alkanes of at least 4 members (excludes halogenated alkanes) is 3. The van der Waals surface area contributed by atoms with Gasteiger partial charge in [0.25, 0.3) is 11.8 Å². The normalized spacial score (nSPS) is 14.3. The van der Waals surface area contributed by atoms with E-state index in [1.165, 1.54) is 10.6 Å². The van der Waals surface area contributed by atoms with Gasteiger partial charge in [-0.15, -0.1) is 0 Å². The Hall–Kier alpha value is -1.32. The van der Waals surface area contributed by atoms with E-state index in [-0.39, 0.29) is 25.7 Å². The first-order chi connectivity index (χ1) is 14.0. The summed E-state index contributed by atoms with van der Waals surface area (Å²) < 4.78 is 154. The van der Waals surface area contributed by atoms with Crippen molar-refractivity contribution in [3.63, 3.8) is 0 Å². The van der Waals surface area contributed by atoms with Crippen LogP contribution in [0.15, 0.2) is 0 Å². The molecule has 0 aromatic rings. The molecule has 0 spiro atoms. The van der Waals surface area contributed by atoms with Gasteiger partial charge in [-0.3, -0.25) is 9.59 Å². The second kappa shape index (κ2) is 10.3. The highest BCUT2D eigenvalue weighted by atomic mass is 35.5. The van der Waals surface area contributed by atoms with Crippen LogP contribution in [0.3, 0.4) is 0 Å². The number of amides is 2. The smallest absolute Gasteiger partial charge is 0.351 e.